The lowest BCUT2D eigenvalue weighted by atomic mass is 10.1. The monoisotopic (exact) mass is 421 g/mol. The number of carbonyl (C=O) groups is 2. The van der Waals surface area contributed by atoms with Crippen LogP contribution in [0, 0.1) is 0 Å². The lowest BCUT2D eigenvalue weighted by Crippen LogP contribution is -2.36. The van der Waals surface area contributed by atoms with Crippen molar-refractivity contribution in [2.24, 2.45) is 0 Å². The van der Waals surface area contributed by atoms with Crippen LogP contribution in [0.1, 0.15) is 48.4 Å². The second-order valence-corrected chi connectivity index (χ2v) is 7.43. The average molecular weight is 421 g/mol. The van der Waals surface area contributed by atoms with Crippen LogP contribution in [0.4, 0.5) is 10.6 Å². The number of carbonyl (C=O) groups excluding carboxylic acids is 2. The molecule has 0 radical (unpaired) electrons. The van der Waals surface area contributed by atoms with E-state index < -0.39 is 0 Å². The number of urea groups is 1. The first kappa shape index (κ1) is 20.4. The van der Waals surface area contributed by atoms with Crippen LogP contribution in [-0.2, 0) is 13.1 Å². The fourth-order valence-corrected chi connectivity index (χ4v) is 3.33. The number of aromatic nitrogens is 6. The van der Waals surface area contributed by atoms with Gasteiger partial charge in [-0.3, -0.25) is 9.78 Å². The van der Waals surface area contributed by atoms with Gasteiger partial charge in [0.25, 0.3) is 5.91 Å². The molecule has 0 aromatic carbocycles. The molecule has 11 heteroatoms. The first-order chi connectivity index (χ1) is 15.0. The maximum atomic E-state index is 12.8. The summed E-state index contributed by atoms with van der Waals surface area (Å²) in [5, 5.41) is 17.3. The van der Waals surface area contributed by atoms with Gasteiger partial charge in [0.15, 0.2) is 0 Å². The molecule has 4 rings (SSSR count). The van der Waals surface area contributed by atoms with Crippen molar-refractivity contribution < 1.29 is 9.59 Å². The third kappa shape index (κ3) is 4.20. The van der Waals surface area contributed by atoms with E-state index in [-0.39, 0.29) is 23.7 Å². The quantitative estimate of drug-likeness (QED) is 0.644. The summed E-state index contributed by atoms with van der Waals surface area (Å²) >= 11 is 0. The van der Waals surface area contributed by atoms with Crippen LogP contribution in [0.25, 0.3) is 11.5 Å². The number of rotatable bonds is 5. The molecule has 0 unspecified atom stereocenters. The summed E-state index contributed by atoms with van der Waals surface area (Å²) < 4.78 is 1.66. The van der Waals surface area contributed by atoms with Crippen molar-refractivity contribution in [1.82, 2.24) is 40.4 Å². The highest BCUT2D eigenvalue weighted by Crippen LogP contribution is 2.23. The third-order valence-corrected chi connectivity index (χ3v) is 4.85. The van der Waals surface area contributed by atoms with E-state index in [1.165, 1.54) is 0 Å². The first-order valence-corrected chi connectivity index (χ1v) is 10.0. The number of anilines is 1. The fraction of sp³-hybridized carbons (Fsp3) is 0.350. The summed E-state index contributed by atoms with van der Waals surface area (Å²) in [6.45, 7) is 7.29. The Hall–Kier alpha value is -3.89. The Morgan fingerprint density at radius 2 is 2.00 bits per heavy atom. The molecule has 2 N–H and O–H groups in total. The van der Waals surface area contributed by atoms with Gasteiger partial charge in [-0.2, -0.15) is 0 Å². The van der Waals surface area contributed by atoms with E-state index in [0.717, 1.165) is 11.1 Å². The van der Waals surface area contributed by atoms with Gasteiger partial charge in [-0.1, -0.05) is 6.07 Å². The molecule has 0 bridgehead atoms. The highest BCUT2D eigenvalue weighted by Gasteiger charge is 2.24. The van der Waals surface area contributed by atoms with E-state index in [1.54, 1.807) is 40.0 Å². The summed E-state index contributed by atoms with van der Waals surface area (Å²) in [5.74, 6) is 0.506. The van der Waals surface area contributed by atoms with Crippen LogP contribution in [0.3, 0.4) is 0 Å². The number of nitrogens with zero attached hydrogens (tertiary/aromatic N) is 7. The van der Waals surface area contributed by atoms with Gasteiger partial charge in [-0.15, -0.1) is 5.10 Å². The maximum Gasteiger partial charge on any atom is 0.317 e. The third-order valence-electron chi connectivity index (χ3n) is 4.85. The summed E-state index contributed by atoms with van der Waals surface area (Å²) in [7, 11) is 0. The van der Waals surface area contributed by atoms with Crippen molar-refractivity contribution in [2.45, 2.75) is 39.9 Å². The Bertz CT molecular complexity index is 1130. The van der Waals surface area contributed by atoms with Crippen LogP contribution < -0.4 is 10.6 Å². The Kier molecular flexibility index (Phi) is 5.56. The zero-order valence-electron chi connectivity index (χ0n) is 17.5. The lowest BCUT2D eigenvalue weighted by Gasteiger charge is -2.15. The summed E-state index contributed by atoms with van der Waals surface area (Å²) in [4.78, 5) is 35.2. The molecule has 3 amide bonds. The van der Waals surface area contributed by atoms with E-state index in [1.807, 2.05) is 20.8 Å². The van der Waals surface area contributed by atoms with Crippen molar-refractivity contribution in [3.05, 3.63) is 47.3 Å². The number of hydrogen-bond acceptors (Lipinski definition) is 7. The van der Waals surface area contributed by atoms with E-state index >= 15 is 0 Å². The van der Waals surface area contributed by atoms with Gasteiger partial charge >= 0.3 is 6.03 Å². The first-order valence-electron chi connectivity index (χ1n) is 10.0. The maximum absolute atomic E-state index is 12.8. The predicted molar refractivity (Wildman–Crippen MR) is 112 cm³/mol. The molecule has 0 fully saturated rings. The highest BCUT2D eigenvalue weighted by molar-refractivity contribution is 6.02. The minimum atomic E-state index is -0.382. The molecular weight excluding hydrogens is 398 g/mol. The standard InChI is InChI=1S/C20H23N9O2/c1-4-21-20(31)28-10-13-8-16(22-9-14(13)11-28)19(30)24-17-7-5-6-15(23-17)18-25-26-27-29(18)12(2)3/h5-9,12H,4,10-11H2,1-3H3,(H,21,31)(H,23,24,30). The molecule has 11 nitrogen and oxygen atoms in total. The molecule has 0 saturated heterocycles. The van der Waals surface area contributed by atoms with Crippen LogP contribution in [-0.4, -0.2) is 53.6 Å². The van der Waals surface area contributed by atoms with Crippen LogP contribution in [0.2, 0.25) is 0 Å². The number of hydrogen-bond donors (Lipinski definition) is 2. The van der Waals surface area contributed by atoms with Crippen molar-refractivity contribution in [3.8, 4) is 11.5 Å². The van der Waals surface area contributed by atoms with E-state index in [0.29, 0.717) is 37.0 Å². The molecule has 160 valence electrons. The Balaban J connectivity index is 1.50. The van der Waals surface area contributed by atoms with Crippen molar-refractivity contribution in [1.29, 1.82) is 0 Å². The molecule has 0 aliphatic carbocycles. The summed E-state index contributed by atoms with van der Waals surface area (Å²) in [6, 6.07) is 6.90. The van der Waals surface area contributed by atoms with Crippen LogP contribution in [0.15, 0.2) is 30.5 Å². The van der Waals surface area contributed by atoms with Crippen molar-refractivity contribution >= 4 is 17.8 Å². The minimum Gasteiger partial charge on any atom is -0.338 e. The van der Waals surface area contributed by atoms with E-state index in [4.69, 9.17) is 0 Å². The summed E-state index contributed by atoms with van der Waals surface area (Å²) in [5.41, 5.74) is 2.65. The number of amides is 3. The zero-order chi connectivity index (χ0) is 22.0. The molecule has 4 heterocycles. The van der Waals surface area contributed by atoms with Crippen LogP contribution >= 0.6 is 0 Å². The van der Waals surface area contributed by atoms with E-state index in [2.05, 4.69) is 36.1 Å². The molecule has 0 saturated carbocycles. The second kappa shape index (κ2) is 8.46. The van der Waals surface area contributed by atoms with Gasteiger partial charge in [0.1, 0.15) is 17.2 Å². The summed E-state index contributed by atoms with van der Waals surface area (Å²) in [6.07, 6.45) is 1.64. The zero-order valence-corrected chi connectivity index (χ0v) is 17.5. The van der Waals surface area contributed by atoms with Gasteiger partial charge in [0.05, 0.1) is 6.04 Å². The molecular formula is C20H23N9O2. The Morgan fingerprint density at radius 1 is 1.19 bits per heavy atom. The van der Waals surface area contributed by atoms with Gasteiger partial charge in [0.2, 0.25) is 5.82 Å². The molecule has 31 heavy (non-hydrogen) atoms. The topological polar surface area (TPSA) is 131 Å². The Morgan fingerprint density at radius 3 is 2.77 bits per heavy atom. The molecule has 3 aromatic heterocycles. The highest BCUT2D eigenvalue weighted by atomic mass is 16.2. The van der Waals surface area contributed by atoms with Crippen molar-refractivity contribution in [3.63, 3.8) is 0 Å². The molecule has 1 aliphatic rings. The largest absolute Gasteiger partial charge is 0.338 e. The SMILES string of the molecule is CCNC(=O)N1Cc2cnc(C(=O)Nc3cccc(-c4nnnn4C(C)C)n3)cc2C1. The lowest BCUT2D eigenvalue weighted by molar-refractivity contribution is 0.102. The van der Waals surface area contributed by atoms with E-state index in [9.17, 15) is 9.59 Å². The normalized spacial score (nSPS) is 12.7. The molecule has 0 atom stereocenters. The van der Waals surface area contributed by atoms with Gasteiger partial charge in [-0.25, -0.2) is 14.5 Å². The Labute approximate surface area is 178 Å². The molecule has 1 aliphatic heterocycles. The fourth-order valence-electron chi connectivity index (χ4n) is 3.33. The van der Waals surface area contributed by atoms with Gasteiger partial charge in [-0.05, 0) is 60.5 Å². The van der Waals surface area contributed by atoms with Crippen LogP contribution in [0.5, 0.6) is 0 Å². The number of tetrazole rings is 1. The van der Waals surface area contributed by atoms with Gasteiger partial charge < -0.3 is 15.5 Å². The number of nitrogens with one attached hydrogen (secondary N) is 2. The second-order valence-electron chi connectivity index (χ2n) is 7.43. The predicted octanol–water partition coefficient (Wildman–Crippen LogP) is 2.01. The smallest absolute Gasteiger partial charge is 0.317 e. The number of fused-ring (bicyclic) bond motifs is 1. The van der Waals surface area contributed by atoms with Gasteiger partial charge in [0, 0.05) is 25.8 Å². The number of pyridine rings is 2. The average Bonchev–Trinajstić information content (AvgIpc) is 3.41. The molecule has 3 aromatic rings. The minimum absolute atomic E-state index is 0.0691. The van der Waals surface area contributed by atoms with Crippen molar-refractivity contribution in [2.75, 3.05) is 11.9 Å². The molecule has 0 spiro atoms.